The smallest absolute Gasteiger partial charge is 0.371 e. The lowest BCUT2D eigenvalue weighted by Crippen LogP contribution is -2.49. The molecule has 3 heterocycles. The van der Waals surface area contributed by atoms with Crippen molar-refractivity contribution in [3.05, 3.63) is 57.6 Å². The largest absolute Gasteiger partial charge is 0.433 e. The highest BCUT2D eigenvalue weighted by Gasteiger charge is 2.47. The number of aliphatic imine (C=N–C) groups is 1. The van der Waals surface area contributed by atoms with Crippen LogP contribution in [-0.2, 0) is 16.3 Å². The van der Waals surface area contributed by atoms with Crippen LogP contribution in [0.4, 0.5) is 23.2 Å². The van der Waals surface area contributed by atoms with Gasteiger partial charge in [-0.25, -0.2) is 9.37 Å². The highest BCUT2D eigenvalue weighted by molar-refractivity contribution is 9.08. The minimum atomic E-state index is -4.54. The van der Waals surface area contributed by atoms with Gasteiger partial charge in [0.05, 0.1) is 5.69 Å². The fourth-order valence-corrected chi connectivity index (χ4v) is 5.36. The summed E-state index contributed by atoms with van der Waals surface area (Å²) in [5, 5.41) is 3.40. The molecule has 1 amide bonds. The average Bonchev–Trinajstić information content (AvgIpc) is 3.58. The van der Waals surface area contributed by atoms with Crippen LogP contribution in [0.2, 0.25) is 5.02 Å². The van der Waals surface area contributed by atoms with Crippen LogP contribution in [0.1, 0.15) is 54.1 Å². The molecule has 0 radical (unpaired) electrons. The first-order valence-corrected chi connectivity index (χ1v) is 12.4. The number of hydrogen-bond donors (Lipinski definition) is 1. The molecule has 1 aromatic heterocycles. The molecule has 1 spiro atoms. The molecule has 1 aliphatic carbocycles. The maximum atomic E-state index is 14.4. The molecule has 34 heavy (non-hydrogen) atoms. The Balaban J connectivity index is 1.42. The van der Waals surface area contributed by atoms with Crippen molar-refractivity contribution in [2.45, 2.75) is 48.6 Å². The second-order valence-corrected chi connectivity index (χ2v) is 9.85. The molecule has 11 heteroatoms. The number of hydrogen-bond acceptors (Lipinski definition) is 4. The number of halogens is 6. The third-order valence-corrected chi connectivity index (χ3v) is 7.40. The van der Waals surface area contributed by atoms with Gasteiger partial charge in [0.25, 0.3) is 5.91 Å². The predicted octanol–water partition coefficient (Wildman–Crippen LogP) is 5.58. The number of benzene rings is 1. The van der Waals surface area contributed by atoms with Gasteiger partial charge in [-0.2, -0.15) is 13.2 Å². The van der Waals surface area contributed by atoms with Crippen LogP contribution in [-0.4, -0.2) is 35.4 Å². The predicted molar refractivity (Wildman–Crippen MR) is 124 cm³/mol. The zero-order chi connectivity index (χ0) is 24.3. The third-order valence-electron chi connectivity index (χ3n) is 6.62. The summed E-state index contributed by atoms with van der Waals surface area (Å²) < 4.78 is 53.9. The van der Waals surface area contributed by atoms with E-state index >= 15 is 0 Å². The van der Waals surface area contributed by atoms with E-state index in [2.05, 4.69) is 26.2 Å². The van der Waals surface area contributed by atoms with Crippen molar-refractivity contribution in [2.75, 3.05) is 18.0 Å². The van der Waals surface area contributed by atoms with E-state index in [1.165, 1.54) is 12.1 Å². The first-order chi connectivity index (χ1) is 16.1. The lowest BCUT2D eigenvalue weighted by Gasteiger charge is -2.37. The summed E-state index contributed by atoms with van der Waals surface area (Å²) in [5.41, 5.74) is -0.0162. The molecule has 1 N–H and O–H groups in total. The molecule has 2 aromatic rings. The molecule has 0 bridgehead atoms. The molecule has 5 nitrogen and oxygen atoms in total. The van der Waals surface area contributed by atoms with Gasteiger partial charge in [0.1, 0.15) is 22.9 Å². The zero-order valence-corrected chi connectivity index (χ0v) is 20.2. The van der Waals surface area contributed by atoms with Gasteiger partial charge in [0.2, 0.25) is 0 Å². The van der Waals surface area contributed by atoms with Gasteiger partial charge in [-0.3, -0.25) is 9.79 Å². The van der Waals surface area contributed by atoms with Crippen molar-refractivity contribution in [3.8, 4) is 0 Å². The number of rotatable bonds is 4. The topological polar surface area (TPSA) is 57.6 Å². The van der Waals surface area contributed by atoms with Gasteiger partial charge >= 0.3 is 6.18 Å². The van der Waals surface area contributed by atoms with Crippen molar-refractivity contribution in [1.82, 2.24) is 10.3 Å². The number of nitrogens with one attached hydrogen (secondary N) is 1. The molecule has 0 unspecified atom stereocenters. The zero-order valence-electron chi connectivity index (χ0n) is 17.9. The van der Waals surface area contributed by atoms with E-state index < -0.39 is 23.2 Å². The number of carbonyl (C=O) groups is 1. The van der Waals surface area contributed by atoms with Crippen LogP contribution < -0.4 is 10.2 Å². The number of pyridine rings is 1. The number of alkyl halides is 4. The number of carbonyl (C=O) groups excluding carboxylic acids is 1. The van der Waals surface area contributed by atoms with E-state index in [4.69, 9.17) is 16.6 Å². The monoisotopic (exact) mass is 558 g/mol. The molecule has 1 saturated heterocycles. The Morgan fingerprint density at radius 1 is 1.21 bits per heavy atom. The quantitative estimate of drug-likeness (QED) is 0.393. The second kappa shape index (κ2) is 8.48. The average molecular weight is 560 g/mol. The van der Waals surface area contributed by atoms with Gasteiger partial charge in [-0.15, -0.1) is 0 Å². The van der Waals surface area contributed by atoms with Crippen molar-refractivity contribution in [3.63, 3.8) is 0 Å². The first-order valence-electron chi connectivity index (χ1n) is 10.9. The van der Waals surface area contributed by atoms with Gasteiger partial charge in [0, 0.05) is 46.2 Å². The molecule has 1 saturated carbocycles. The summed E-state index contributed by atoms with van der Waals surface area (Å²) in [7, 11) is 0. The Kier molecular flexibility index (Phi) is 5.87. The van der Waals surface area contributed by atoms with E-state index in [-0.39, 0.29) is 17.7 Å². The van der Waals surface area contributed by atoms with E-state index in [0.717, 1.165) is 18.9 Å². The van der Waals surface area contributed by atoms with Gasteiger partial charge in [-0.05, 0) is 49.9 Å². The Bertz CT molecular complexity index is 1190. The van der Waals surface area contributed by atoms with E-state index in [0.29, 0.717) is 58.8 Å². The molecule has 0 atom stereocenters. The van der Waals surface area contributed by atoms with E-state index in [1.54, 1.807) is 6.07 Å². The molecule has 5 rings (SSSR count). The normalized spacial score (nSPS) is 20.0. The Morgan fingerprint density at radius 3 is 2.53 bits per heavy atom. The fraction of sp³-hybridized carbons (Fsp3) is 0.435. The lowest BCUT2D eigenvalue weighted by atomic mass is 9.87. The van der Waals surface area contributed by atoms with Gasteiger partial charge in [-0.1, -0.05) is 27.5 Å². The van der Waals surface area contributed by atoms with E-state index in [9.17, 15) is 22.4 Å². The molecule has 180 valence electrons. The Hall–Kier alpha value is -2.20. The molecule has 1 aromatic carbocycles. The highest BCUT2D eigenvalue weighted by atomic mass is 79.9. The van der Waals surface area contributed by atoms with Crippen molar-refractivity contribution in [1.29, 1.82) is 0 Å². The van der Waals surface area contributed by atoms with E-state index in [1.807, 2.05) is 4.90 Å². The summed E-state index contributed by atoms with van der Waals surface area (Å²) in [6.45, 7) is 0.898. The minimum Gasteiger partial charge on any atom is -0.371 e. The Labute approximate surface area is 206 Å². The first kappa shape index (κ1) is 23.5. The van der Waals surface area contributed by atoms with Crippen molar-refractivity contribution < 1.29 is 22.4 Å². The van der Waals surface area contributed by atoms with Crippen molar-refractivity contribution >= 4 is 45.0 Å². The van der Waals surface area contributed by atoms with Crippen molar-refractivity contribution in [2.24, 2.45) is 4.99 Å². The van der Waals surface area contributed by atoms with Gasteiger partial charge in [0.15, 0.2) is 0 Å². The SMILES string of the molecule is O=C1NC(c2ccc(C(F)(F)F)nc2C2CC2)=NC12CCN(c1cc(Cl)cc(F)c1CBr)CC2. The maximum Gasteiger partial charge on any atom is 0.433 e. The van der Waals surface area contributed by atoms with Gasteiger partial charge < -0.3 is 10.2 Å². The fourth-order valence-electron chi connectivity index (χ4n) is 4.61. The van der Waals surface area contributed by atoms with Crippen LogP contribution >= 0.6 is 27.5 Å². The molecular formula is C23H20BrClF4N4O. The summed E-state index contributed by atoms with van der Waals surface area (Å²) in [6, 6.07) is 5.26. The number of amidine groups is 1. The molecule has 2 aliphatic heterocycles. The van der Waals surface area contributed by atoms with Crippen LogP contribution in [0, 0.1) is 5.82 Å². The van der Waals surface area contributed by atoms with Crippen LogP contribution in [0.3, 0.4) is 0 Å². The third kappa shape index (κ3) is 4.19. The number of amides is 1. The Morgan fingerprint density at radius 2 is 1.91 bits per heavy atom. The summed E-state index contributed by atoms with van der Waals surface area (Å²) in [4.78, 5) is 23.6. The summed E-state index contributed by atoms with van der Waals surface area (Å²) in [6.07, 6.45) is -2.26. The molecule has 2 fully saturated rings. The minimum absolute atomic E-state index is 0.0595. The number of aromatic nitrogens is 1. The molecular weight excluding hydrogens is 540 g/mol. The van der Waals surface area contributed by atoms with Crippen LogP contribution in [0.5, 0.6) is 0 Å². The maximum absolute atomic E-state index is 14.4. The van der Waals surface area contributed by atoms with Crippen LogP contribution in [0.15, 0.2) is 29.3 Å². The lowest BCUT2D eigenvalue weighted by molar-refractivity contribution is -0.141. The highest BCUT2D eigenvalue weighted by Crippen LogP contribution is 2.43. The standard InChI is InChI=1S/C23H20BrClF4N4O/c24-11-15-16(26)9-13(25)10-17(15)33-7-5-22(6-8-33)21(34)31-20(32-22)14-3-4-18(23(27,28)29)30-19(14)12-1-2-12/h3-4,9-10,12H,1-2,5-8,11H2,(H,31,32,34). The van der Waals surface area contributed by atoms with Crippen LogP contribution in [0.25, 0.3) is 0 Å². The molecule has 3 aliphatic rings. The number of nitrogens with zero attached hydrogens (tertiary/aromatic N) is 3. The number of piperidine rings is 1. The second-order valence-electron chi connectivity index (χ2n) is 8.85. The number of anilines is 1. The summed E-state index contributed by atoms with van der Waals surface area (Å²) in [5.74, 6) is -0.463. The summed E-state index contributed by atoms with van der Waals surface area (Å²) >= 11 is 9.39.